The molecule has 0 saturated heterocycles. The summed E-state index contributed by atoms with van der Waals surface area (Å²) < 4.78 is 10.7. The Balaban J connectivity index is 2.30. The standard InChI is InChI=1S/C16H21N3O2/c1-10-9-19-14(11(2)15(10)20-3)8-13(17)12-6-5-7-18-16(12)21-4/h5-7,9,13H,8,17H2,1-4H3. The average molecular weight is 287 g/mol. The summed E-state index contributed by atoms with van der Waals surface area (Å²) in [4.78, 5) is 8.67. The predicted octanol–water partition coefficient (Wildman–Crippen LogP) is 2.35. The summed E-state index contributed by atoms with van der Waals surface area (Å²) in [5, 5.41) is 0. The first kappa shape index (κ1) is 15.3. The maximum absolute atomic E-state index is 6.30. The van der Waals surface area contributed by atoms with Gasteiger partial charge in [0.1, 0.15) is 5.75 Å². The Morgan fingerprint density at radius 3 is 2.62 bits per heavy atom. The minimum absolute atomic E-state index is 0.229. The van der Waals surface area contributed by atoms with Crippen LogP contribution in [0.25, 0.3) is 0 Å². The van der Waals surface area contributed by atoms with Crippen LogP contribution in [0, 0.1) is 13.8 Å². The molecule has 0 aliphatic heterocycles. The molecule has 1 unspecified atom stereocenters. The van der Waals surface area contributed by atoms with E-state index in [9.17, 15) is 0 Å². The van der Waals surface area contributed by atoms with Gasteiger partial charge < -0.3 is 15.2 Å². The molecule has 0 amide bonds. The summed E-state index contributed by atoms with van der Waals surface area (Å²) >= 11 is 0. The van der Waals surface area contributed by atoms with E-state index in [-0.39, 0.29) is 6.04 Å². The molecule has 0 bridgehead atoms. The molecule has 2 heterocycles. The predicted molar refractivity (Wildman–Crippen MR) is 81.7 cm³/mol. The molecule has 2 aromatic rings. The van der Waals surface area contributed by atoms with Crippen molar-refractivity contribution in [1.82, 2.24) is 9.97 Å². The highest BCUT2D eigenvalue weighted by molar-refractivity contribution is 5.42. The highest BCUT2D eigenvalue weighted by Gasteiger charge is 2.17. The van der Waals surface area contributed by atoms with Crippen molar-refractivity contribution >= 4 is 0 Å². The Labute approximate surface area is 125 Å². The van der Waals surface area contributed by atoms with Gasteiger partial charge in [-0.25, -0.2) is 4.98 Å². The van der Waals surface area contributed by atoms with E-state index in [1.165, 1.54) is 0 Å². The van der Waals surface area contributed by atoms with Crippen LogP contribution in [-0.4, -0.2) is 24.2 Å². The van der Waals surface area contributed by atoms with Crippen LogP contribution in [-0.2, 0) is 6.42 Å². The van der Waals surface area contributed by atoms with Gasteiger partial charge >= 0.3 is 0 Å². The molecule has 5 nitrogen and oxygen atoms in total. The van der Waals surface area contributed by atoms with Crippen LogP contribution in [0.4, 0.5) is 0 Å². The van der Waals surface area contributed by atoms with Crippen molar-refractivity contribution in [2.75, 3.05) is 14.2 Å². The van der Waals surface area contributed by atoms with E-state index >= 15 is 0 Å². The number of ether oxygens (including phenoxy) is 2. The Morgan fingerprint density at radius 1 is 1.19 bits per heavy atom. The Morgan fingerprint density at radius 2 is 1.95 bits per heavy atom. The number of aryl methyl sites for hydroxylation is 1. The topological polar surface area (TPSA) is 70.3 Å². The van der Waals surface area contributed by atoms with E-state index in [0.717, 1.165) is 28.1 Å². The third-order valence-corrected chi connectivity index (χ3v) is 3.56. The fraction of sp³-hybridized carbons (Fsp3) is 0.375. The number of hydrogen-bond donors (Lipinski definition) is 1. The first-order valence-corrected chi connectivity index (χ1v) is 6.82. The van der Waals surface area contributed by atoms with Crippen molar-refractivity contribution in [2.24, 2.45) is 5.73 Å². The molecule has 0 aromatic carbocycles. The second-order valence-electron chi connectivity index (χ2n) is 4.96. The minimum atomic E-state index is -0.229. The maximum Gasteiger partial charge on any atom is 0.217 e. The Hall–Kier alpha value is -2.14. The molecule has 0 spiro atoms. The molecule has 2 N–H and O–H groups in total. The molecule has 1 atom stereocenters. The fourth-order valence-corrected chi connectivity index (χ4v) is 2.45. The van der Waals surface area contributed by atoms with Gasteiger partial charge in [0.2, 0.25) is 5.88 Å². The quantitative estimate of drug-likeness (QED) is 0.914. The second kappa shape index (κ2) is 6.54. The number of aromatic nitrogens is 2. The van der Waals surface area contributed by atoms with E-state index in [0.29, 0.717) is 12.3 Å². The molecule has 0 radical (unpaired) electrons. The lowest BCUT2D eigenvalue weighted by Gasteiger charge is -2.17. The van der Waals surface area contributed by atoms with Gasteiger partial charge in [-0.3, -0.25) is 4.98 Å². The molecule has 0 aliphatic rings. The van der Waals surface area contributed by atoms with Gasteiger partial charge in [0.05, 0.1) is 14.2 Å². The third kappa shape index (κ3) is 3.13. The zero-order chi connectivity index (χ0) is 15.4. The van der Waals surface area contributed by atoms with E-state index in [1.54, 1.807) is 20.4 Å². The fourth-order valence-electron chi connectivity index (χ4n) is 2.45. The molecule has 0 fully saturated rings. The second-order valence-corrected chi connectivity index (χ2v) is 4.96. The van der Waals surface area contributed by atoms with E-state index in [4.69, 9.17) is 15.2 Å². The lowest BCUT2D eigenvalue weighted by Crippen LogP contribution is -2.16. The van der Waals surface area contributed by atoms with Gasteiger partial charge in [0.15, 0.2) is 0 Å². The minimum Gasteiger partial charge on any atom is -0.496 e. The highest BCUT2D eigenvalue weighted by Crippen LogP contribution is 2.28. The lowest BCUT2D eigenvalue weighted by molar-refractivity contribution is 0.388. The van der Waals surface area contributed by atoms with Gasteiger partial charge in [-0.15, -0.1) is 0 Å². The van der Waals surface area contributed by atoms with Crippen LogP contribution >= 0.6 is 0 Å². The number of pyridine rings is 2. The molecular weight excluding hydrogens is 266 g/mol. The summed E-state index contributed by atoms with van der Waals surface area (Å²) in [6, 6.07) is 3.55. The van der Waals surface area contributed by atoms with Gasteiger partial charge in [-0.1, -0.05) is 6.07 Å². The van der Waals surface area contributed by atoms with Crippen molar-refractivity contribution in [3.63, 3.8) is 0 Å². The summed E-state index contributed by atoms with van der Waals surface area (Å²) in [5.74, 6) is 1.42. The highest BCUT2D eigenvalue weighted by atomic mass is 16.5. The Bertz CT molecular complexity index is 629. The van der Waals surface area contributed by atoms with E-state index in [2.05, 4.69) is 9.97 Å². The summed E-state index contributed by atoms with van der Waals surface area (Å²) in [6.07, 6.45) is 4.10. The number of nitrogens with zero attached hydrogens (tertiary/aromatic N) is 2. The molecule has 0 aliphatic carbocycles. The van der Waals surface area contributed by atoms with Crippen molar-refractivity contribution < 1.29 is 9.47 Å². The van der Waals surface area contributed by atoms with E-state index < -0.39 is 0 Å². The number of hydrogen-bond acceptors (Lipinski definition) is 5. The molecule has 21 heavy (non-hydrogen) atoms. The Kier molecular flexibility index (Phi) is 4.75. The van der Waals surface area contributed by atoms with Gasteiger partial charge in [0.25, 0.3) is 0 Å². The van der Waals surface area contributed by atoms with Crippen LogP contribution < -0.4 is 15.2 Å². The SMILES string of the molecule is COc1ncccc1C(N)Cc1ncc(C)c(OC)c1C. The molecule has 2 aromatic heterocycles. The molecule has 112 valence electrons. The summed E-state index contributed by atoms with van der Waals surface area (Å²) in [5.41, 5.74) is 10.1. The molecular formula is C16H21N3O2. The van der Waals surface area contributed by atoms with Crippen LogP contribution in [0.15, 0.2) is 24.5 Å². The van der Waals surface area contributed by atoms with Crippen LogP contribution in [0.5, 0.6) is 11.6 Å². The largest absolute Gasteiger partial charge is 0.496 e. The smallest absolute Gasteiger partial charge is 0.217 e. The van der Waals surface area contributed by atoms with Gasteiger partial charge in [-0.05, 0) is 19.9 Å². The first-order chi connectivity index (χ1) is 10.1. The van der Waals surface area contributed by atoms with Gasteiger partial charge in [-0.2, -0.15) is 0 Å². The summed E-state index contributed by atoms with van der Waals surface area (Å²) in [6.45, 7) is 3.98. The lowest BCUT2D eigenvalue weighted by atomic mass is 10.00. The summed E-state index contributed by atoms with van der Waals surface area (Å²) in [7, 11) is 3.26. The molecule has 2 rings (SSSR count). The van der Waals surface area contributed by atoms with E-state index in [1.807, 2.05) is 32.2 Å². The molecule has 5 heteroatoms. The number of nitrogens with two attached hydrogens (primary N) is 1. The average Bonchev–Trinajstić information content (AvgIpc) is 2.50. The molecule has 0 saturated carbocycles. The van der Waals surface area contributed by atoms with Crippen molar-refractivity contribution in [3.8, 4) is 11.6 Å². The zero-order valence-corrected chi connectivity index (χ0v) is 12.9. The third-order valence-electron chi connectivity index (χ3n) is 3.56. The normalized spacial score (nSPS) is 12.0. The number of rotatable bonds is 5. The number of methoxy groups -OCH3 is 2. The monoisotopic (exact) mass is 287 g/mol. The van der Waals surface area contributed by atoms with Crippen LogP contribution in [0.1, 0.15) is 28.4 Å². The van der Waals surface area contributed by atoms with Crippen molar-refractivity contribution in [2.45, 2.75) is 26.3 Å². The van der Waals surface area contributed by atoms with Crippen LogP contribution in [0.2, 0.25) is 0 Å². The zero-order valence-electron chi connectivity index (χ0n) is 12.9. The maximum atomic E-state index is 6.30. The van der Waals surface area contributed by atoms with Crippen molar-refractivity contribution in [1.29, 1.82) is 0 Å². The van der Waals surface area contributed by atoms with Crippen molar-refractivity contribution in [3.05, 3.63) is 46.9 Å². The van der Waals surface area contributed by atoms with Crippen LogP contribution in [0.3, 0.4) is 0 Å². The van der Waals surface area contributed by atoms with Gasteiger partial charge in [0, 0.05) is 47.2 Å². The first-order valence-electron chi connectivity index (χ1n) is 6.82.